The van der Waals surface area contributed by atoms with E-state index >= 15 is 0 Å². The van der Waals surface area contributed by atoms with E-state index in [1.54, 1.807) is 24.0 Å². The molecule has 0 unspecified atom stereocenters. The van der Waals surface area contributed by atoms with Crippen molar-refractivity contribution in [3.63, 3.8) is 0 Å². The number of amides is 1. The molecule has 3 rings (SSSR count). The second-order valence-electron chi connectivity index (χ2n) is 5.54. The van der Waals surface area contributed by atoms with Crippen LogP contribution in [0.3, 0.4) is 0 Å². The summed E-state index contributed by atoms with van der Waals surface area (Å²) in [6.07, 6.45) is 1.87. The molecule has 1 aliphatic heterocycles. The normalized spacial score (nSPS) is 19.4. The maximum absolute atomic E-state index is 12.9. The number of benzene rings is 1. The van der Waals surface area contributed by atoms with E-state index in [1.165, 1.54) is 12.1 Å². The molecule has 1 heterocycles. The Hall–Kier alpha value is -1.84. The van der Waals surface area contributed by atoms with Gasteiger partial charge in [-0.25, -0.2) is 4.39 Å². The molecule has 0 bridgehead atoms. The zero-order chi connectivity index (χ0) is 15.6. The number of aliphatic hydroxyl groups excluding tert-OH is 1. The van der Waals surface area contributed by atoms with Crippen LogP contribution in [0.15, 0.2) is 35.6 Å². The summed E-state index contributed by atoms with van der Waals surface area (Å²) >= 11 is 0. The second-order valence-corrected chi connectivity index (χ2v) is 5.54. The van der Waals surface area contributed by atoms with Crippen LogP contribution in [-0.4, -0.2) is 22.5 Å². The first-order valence-electron chi connectivity index (χ1n) is 7.46. The number of hydrogen-bond acceptors (Lipinski definition) is 2. The Labute approximate surface area is 125 Å². The Bertz CT molecular complexity index is 559. The standard InChI is InChI=1S/C15H16FNO2.C2H6/c1-10-13(18)15(6-7-15)9-17(14(10)19)8-11-2-4-12(16)5-3-11;1-2/h2-5,18H,6-9H2,1H3;1-2H3. The number of aliphatic hydroxyl groups is 1. The molecule has 3 nitrogen and oxygen atoms in total. The minimum atomic E-state index is -0.277. The van der Waals surface area contributed by atoms with Crippen molar-refractivity contribution in [2.24, 2.45) is 5.41 Å². The first-order valence-corrected chi connectivity index (χ1v) is 7.46. The van der Waals surface area contributed by atoms with Crippen LogP contribution in [-0.2, 0) is 11.3 Å². The van der Waals surface area contributed by atoms with Crippen LogP contribution >= 0.6 is 0 Å². The largest absolute Gasteiger partial charge is 0.511 e. The molecule has 1 N–H and O–H groups in total. The summed E-state index contributed by atoms with van der Waals surface area (Å²) in [5.74, 6) is -0.131. The van der Waals surface area contributed by atoms with Gasteiger partial charge in [0.1, 0.15) is 11.6 Å². The van der Waals surface area contributed by atoms with Crippen LogP contribution < -0.4 is 0 Å². The van der Waals surface area contributed by atoms with Crippen LogP contribution in [0.5, 0.6) is 0 Å². The molecule has 0 saturated heterocycles. The molecule has 21 heavy (non-hydrogen) atoms. The molecule has 4 heteroatoms. The Morgan fingerprint density at radius 3 is 2.33 bits per heavy atom. The Morgan fingerprint density at radius 2 is 1.81 bits per heavy atom. The number of rotatable bonds is 2. The fourth-order valence-corrected chi connectivity index (χ4v) is 2.73. The SMILES string of the molecule is CC.CC1=C(O)C2(CC2)CN(Cc2ccc(F)cc2)C1=O. The van der Waals surface area contributed by atoms with Crippen LogP contribution in [0.2, 0.25) is 0 Å². The van der Waals surface area contributed by atoms with Gasteiger partial charge in [-0.2, -0.15) is 0 Å². The van der Waals surface area contributed by atoms with E-state index in [9.17, 15) is 14.3 Å². The van der Waals surface area contributed by atoms with Crippen molar-refractivity contribution < 1.29 is 14.3 Å². The van der Waals surface area contributed by atoms with Gasteiger partial charge < -0.3 is 10.0 Å². The molecule has 1 spiro atoms. The average Bonchev–Trinajstić information content (AvgIpc) is 3.28. The summed E-state index contributed by atoms with van der Waals surface area (Å²) in [6, 6.07) is 6.18. The van der Waals surface area contributed by atoms with E-state index in [0.29, 0.717) is 18.7 Å². The third-order valence-electron chi connectivity index (χ3n) is 4.10. The van der Waals surface area contributed by atoms with Crippen molar-refractivity contribution in [2.75, 3.05) is 6.54 Å². The van der Waals surface area contributed by atoms with Crippen molar-refractivity contribution in [3.05, 3.63) is 47.0 Å². The average molecular weight is 291 g/mol. The molecule has 0 atom stereocenters. The molecule has 1 amide bonds. The van der Waals surface area contributed by atoms with Crippen molar-refractivity contribution >= 4 is 5.91 Å². The molecular weight excluding hydrogens is 269 g/mol. The molecule has 0 radical (unpaired) electrons. The Morgan fingerprint density at radius 1 is 1.24 bits per heavy atom. The first kappa shape index (κ1) is 15.5. The van der Waals surface area contributed by atoms with Crippen LogP contribution in [0, 0.1) is 11.2 Å². The maximum atomic E-state index is 12.9. The van der Waals surface area contributed by atoms with Gasteiger partial charge in [0.05, 0.1) is 5.57 Å². The van der Waals surface area contributed by atoms with E-state index in [-0.39, 0.29) is 22.9 Å². The smallest absolute Gasteiger partial charge is 0.253 e. The third-order valence-corrected chi connectivity index (χ3v) is 4.10. The molecule has 1 aromatic carbocycles. The monoisotopic (exact) mass is 291 g/mol. The van der Waals surface area contributed by atoms with Gasteiger partial charge in [0, 0.05) is 18.5 Å². The number of halogens is 1. The van der Waals surface area contributed by atoms with Gasteiger partial charge in [0.25, 0.3) is 5.91 Å². The minimum Gasteiger partial charge on any atom is -0.511 e. The van der Waals surface area contributed by atoms with E-state index in [0.717, 1.165) is 18.4 Å². The van der Waals surface area contributed by atoms with Gasteiger partial charge >= 0.3 is 0 Å². The highest BCUT2D eigenvalue weighted by Crippen LogP contribution is 2.54. The lowest BCUT2D eigenvalue weighted by atomic mass is 9.94. The summed E-state index contributed by atoms with van der Waals surface area (Å²) < 4.78 is 12.9. The fourth-order valence-electron chi connectivity index (χ4n) is 2.73. The molecular formula is C17H22FNO2. The topological polar surface area (TPSA) is 40.5 Å². The van der Waals surface area contributed by atoms with Gasteiger partial charge in [0.2, 0.25) is 0 Å². The first-order chi connectivity index (χ1) is 10.0. The van der Waals surface area contributed by atoms with Gasteiger partial charge in [-0.05, 0) is 37.5 Å². The van der Waals surface area contributed by atoms with Crippen LogP contribution in [0.1, 0.15) is 39.2 Å². The third kappa shape index (κ3) is 2.94. The summed E-state index contributed by atoms with van der Waals surface area (Å²) in [4.78, 5) is 13.9. The molecule has 2 aliphatic rings. The number of carbonyl (C=O) groups excluding carboxylic acids is 1. The van der Waals surface area contributed by atoms with Gasteiger partial charge in [0.15, 0.2) is 0 Å². The minimum absolute atomic E-state index is 0.126. The quantitative estimate of drug-likeness (QED) is 0.900. The highest BCUT2D eigenvalue weighted by molar-refractivity contribution is 5.94. The van der Waals surface area contributed by atoms with E-state index in [1.807, 2.05) is 13.8 Å². The number of nitrogens with zero attached hydrogens (tertiary/aromatic N) is 1. The van der Waals surface area contributed by atoms with Gasteiger partial charge in [-0.3, -0.25) is 4.79 Å². The number of carbonyl (C=O) groups is 1. The van der Waals surface area contributed by atoms with E-state index in [2.05, 4.69) is 0 Å². The van der Waals surface area contributed by atoms with Crippen molar-refractivity contribution in [1.82, 2.24) is 4.90 Å². The Kier molecular flexibility index (Phi) is 4.35. The zero-order valence-electron chi connectivity index (χ0n) is 12.8. The maximum Gasteiger partial charge on any atom is 0.253 e. The van der Waals surface area contributed by atoms with E-state index < -0.39 is 0 Å². The predicted molar refractivity (Wildman–Crippen MR) is 80.2 cm³/mol. The van der Waals surface area contributed by atoms with Gasteiger partial charge in [-0.15, -0.1) is 0 Å². The van der Waals surface area contributed by atoms with Crippen LogP contribution in [0.4, 0.5) is 4.39 Å². The lowest BCUT2D eigenvalue weighted by Gasteiger charge is -2.33. The van der Waals surface area contributed by atoms with E-state index in [4.69, 9.17) is 0 Å². The summed E-state index contributed by atoms with van der Waals surface area (Å²) in [6.45, 7) is 6.70. The molecule has 0 aromatic heterocycles. The lowest BCUT2D eigenvalue weighted by Crippen LogP contribution is -2.41. The molecule has 1 aliphatic carbocycles. The lowest BCUT2D eigenvalue weighted by molar-refractivity contribution is -0.130. The summed E-state index contributed by atoms with van der Waals surface area (Å²) in [5.41, 5.74) is 1.16. The number of hydrogen-bond donors (Lipinski definition) is 1. The predicted octanol–water partition coefficient (Wildman–Crippen LogP) is 3.81. The van der Waals surface area contributed by atoms with Crippen LogP contribution in [0.25, 0.3) is 0 Å². The zero-order valence-corrected chi connectivity index (χ0v) is 12.8. The molecule has 114 valence electrons. The highest BCUT2D eigenvalue weighted by Gasteiger charge is 2.52. The van der Waals surface area contributed by atoms with Crippen molar-refractivity contribution in [3.8, 4) is 0 Å². The summed E-state index contributed by atoms with van der Waals surface area (Å²) in [7, 11) is 0. The molecule has 1 fully saturated rings. The Balaban J connectivity index is 0.000000774. The second kappa shape index (κ2) is 5.88. The van der Waals surface area contributed by atoms with Crippen molar-refractivity contribution in [1.29, 1.82) is 0 Å². The fraction of sp³-hybridized carbons (Fsp3) is 0.471. The van der Waals surface area contributed by atoms with Crippen molar-refractivity contribution in [2.45, 2.75) is 40.2 Å². The highest BCUT2D eigenvalue weighted by atomic mass is 19.1. The van der Waals surface area contributed by atoms with Gasteiger partial charge in [-0.1, -0.05) is 26.0 Å². The molecule has 1 aromatic rings. The molecule has 1 saturated carbocycles. The summed E-state index contributed by atoms with van der Waals surface area (Å²) in [5, 5.41) is 10.0.